The van der Waals surface area contributed by atoms with Gasteiger partial charge in [0.05, 0.1) is 43.0 Å². The summed E-state index contributed by atoms with van der Waals surface area (Å²) in [7, 11) is -1.26. The fraction of sp³-hybridized carbons (Fsp3) is 0.366. The molecule has 6 rings (SSSR count). The zero-order valence-corrected chi connectivity index (χ0v) is 33.8. The molecule has 14 heteroatoms. The van der Waals surface area contributed by atoms with E-state index in [9.17, 15) is 20.1 Å². The van der Waals surface area contributed by atoms with Crippen LogP contribution in [0.1, 0.15) is 95.2 Å². The number of benzene rings is 2. The van der Waals surface area contributed by atoms with E-state index in [1.54, 1.807) is 34.5 Å². The number of nitrogens with zero attached hydrogens (tertiary/aromatic N) is 6. The van der Waals surface area contributed by atoms with E-state index in [1.165, 1.54) is 6.07 Å². The van der Waals surface area contributed by atoms with Gasteiger partial charge >= 0.3 is 12.1 Å². The number of anilines is 1. The van der Waals surface area contributed by atoms with Gasteiger partial charge in [-0.05, 0) is 62.4 Å². The summed E-state index contributed by atoms with van der Waals surface area (Å²) in [4.78, 5) is 23.2. The van der Waals surface area contributed by atoms with Crippen molar-refractivity contribution in [3.63, 3.8) is 0 Å². The Morgan fingerprint density at radius 1 is 0.800 bits per heavy atom. The molecule has 0 saturated carbocycles. The number of aromatic nitrogens is 4. The number of aromatic carboxylic acids is 1. The van der Waals surface area contributed by atoms with E-state index < -0.39 is 20.1 Å². The van der Waals surface area contributed by atoms with Gasteiger partial charge in [-0.15, -0.1) is 0 Å². The Morgan fingerprint density at radius 2 is 1.29 bits per heavy atom. The highest BCUT2D eigenvalue weighted by Gasteiger charge is 2.18. The maximum absolute atomic E-state index is 12.1. The molecule has 6 aromatic rings. The van der Waals surface area contributed by atoms with E-state index >= 15 is 0 Å². The Bertz CT molecular complexity index is 2450. The van der Waals surface area contributed by atoms with Crippen LogP contribution >= 0.6 is 0 Å². The van der Waals surface area contributed by atoms with Crippen LogP contribution in [0.3, 0.4) is 0 Å². The Balaban J connectivity index is 0.000000218. The maximum Gasteiger partial charge on any atom is 0.412 e. The molecule has 0 aliphatic rings. The van der Waals surface area contributed by atoms with E-state index in [0.717, 1.165) is 56.4 Å². The monoisotopic (exact) mass is 761 g/mol. The zero-order valence-electron chi connectivity index (χ0n) is 32.8. The molecule has 0 spiro atoms. The third kappa shape index (κ3) is 9.90. The zero-order chi connectivity index (χ0) is 40.2. The minimum absolute atomic E-state index is 0.00231. The number of rotatable bonds is 11. The molecule has 0 saturated heterocycles. The van der Waals surface area contributed by atoms with Gasteiger partial charge in [-0.3, -0.25) is 14.7 Å². The fourth-order valence-corrected chi connectivity index (χ4v) is 6.56. The lowest BCUT2D eigenvalue weighted by Crippen LogP contribution is -2.24. The number of ether oxygens (including phenoxy) is 1. The predicted molar refractivity (Wildman–Crippen MR) is 212 cm³/mol. The molecule has 0 aliphatic carbocycles. The SMILES string of the molecule is Cc1cc(C(=O)O)nn1Cc1cc(C#N)cc2cc(C(C)C)oc12.Cc1cc(NC(=O)OCC[Si](C)(C)C)nn1Cc1cc(C#N)cc2cc(C(C)C)oc12. The lowest BCUT2D eigenvalue weighted by atomic mass is 10.1. The largest absolute Gasteiger partial charge is 0.476 e. The van der Waals surface area contributed by atoms with E-state index in [2.05, 4.69) is 61.1 Å². The summed E-state index contributed by atoms with van der Waals surface area (Å²) in [6, 6.07) is 19.8. The van der Waals surface area contributed by atoms with Gasteiger partial charge in [0.2, 0.25) is 0 Å². The number of hydrogen-bond donors (Lipinski definition) is 2. The maximum atomic E-state index is 12.1. The summed E-state index contributed by atoms with van der Waals surface area (Å²) in [5, 5.41) is 40.8. The average Bonchev–Trinajstić information content (AvgIpc) is 3.90. The van der Waals surface area contributed by atoms with Crippen molar-refractivity contribution in [2.75, 3.05) is 11.9 Å². The van der Waals surface area contributed by atoms with Gasteiger partial charge < -0.3 is 18.7 Å². The molecule has 13 nitrogen and oxygen atoms in total. The van der Waals surface area contributed by atoms with Gasteiger partial charge in [0.25, 0.3) is 0 Å². The molecule has 2 aromatic carbocycles. The summed E-state index contributed by atoms with van der Waals surface area (Å²) < 4.78 is 20.7. The molecule has 4 aromatic heterocycles. The van der Waals surface area contributed by atoms with Gasteiger partial charge in [0.15, 0.2) is 11.5 Å². The first-order valence-corrected chi connectivity index (χ1v) is 21.8. The quantitative estimate of drug-likeness (QED) is 0.120. The summed E-state index contributed by atoms with van der Waals surface area (Å²) in [5.74, 6) is 1.59. The van der Waals surface area contributed by atoms with Crippen molar-refractivity contribution in [1.29, 1.82) is 10.5 Å². The van der Waals surface area contributed by atoms with Crippen LogP contribution in [0.2, 0.25) is 25.7 Å². The highest BCUT2D eigenvalue weighted by Crippen LogP contribution is 2.31. The molecular weight excluding hydrogens is 715 g/mol. The van der Waals surface area contributed by atoms with Crippen molar-refractivity contribution >= 4 is 47.9 Å². The van der Waals surface area contributed by atoms with Crippen LogP contribution in [0.5, 0.6) is 0 Å². The minimum Gasteiger partial charge on any atom is -0.476 e. The highest BCUT2D eigenvalue weighted by molar-refractivity contribution is 6.76. The molecular formula is C41H47N7O6Si. The molecule has 0 aliphatic heterocycles. The molecule has 0 fully saturated rings. The van der Waals surface area contributed by atoms with Crippen molar-refractivity contribution < 1.29 is 28.3 Å². The van der Waals surface area contributed by atoms with Crippen LogP contribution in [0.15, 0.2) is 57.4 Å². The second-order valence-corrected chi connectivity index (χ2v) is 21.1. The first-order valence-electron chi connectivity index (χ1n) is 18.1. The number of fused-ring (bicyclic) bond motifs is 2. The number of carboxylic acids is 1. The molecule has 0 atom stereocenters. The summed E-state index contributed by atoms with van der Waals surface area (Å²) in [5.41, 5.74) is 5.88. The number of hydrogen-bond acceptors (Lipinski definition) is 9. The Kier molecular flexibility index (Phi) is 12.0. The minimum atomic E-state index is -1.26. The smallest absolute Gasteiger partial charge is 0.412 e. The van der Waals surface area contributed by atoms with Crippen molar-refractivity contribution in [2.45, 2.75) is 92.2 Å². The molecule has 0 bridgehead atoms. The lowest BCUT2D eigenvalue weighted by Gasteiger charge is -2.15. The number of carboxylic acid groups (broad SMARTS) is 1. The van der Waals surface area contributed by atoms with Crippen LogP contribution in [-0.2, 0) is 17.8 Å². The van der Waals surface area contributed by atoms with Gasteiger partial charge in [0, 0.05) is 59.3 Å². The highest BCUT2D eigenvalue weighted by atomic mass is 28.3. The summed E-state index contributed by atoms with van der Waals surface area (Å²) >= 11 is 0. The first kappa shape index (κ1) is 40.1. The third-order valence-corrected chi connectivity index (χ3v) is 10.7. The van der Waals surface area contributed by atoms with Crippen molar-refractivity contribution in [3.8, 4) is 12.1 Å². The van der Waals surface area contributed by atoms with Crippen LogP contribution in [-0.4, -0.2) is 51.4 Å². The number of furan rings is 2. The summed E-state index contributed by atoms with van der Waals surface area (Å²) in [6.07, 6.45) is -0.496. The Morgan fingerprint density at radius 3 is 1.73 bits per heavy atom. The van der Waals surface area contributed by atoms with Crippen LogP contribution < -0.4 is 5.32 Å². The molecule has 4 heterocycles. The van der Waals surface area contributed by atoms with E-state index in [-0.39, 0.29) is 17.5 Å². The molecule has 55 heavy (non-hydrogen) atoms. The summed E-state index contributed by atoms with van der Waals surface area (Å²) in [6.45, 7) is 19.8. The number of nitriles is 2. The van der Waals surface area contributed by atoms with Crippen LogP contribution in [0.4, 0.5) is 10.6 Å². The van der Waals surface area contributed by atoms with E-state index in [1.807, 2.05) is 45.0 Å². The molecule has 0 unspecified atom stereocenters. The number of carbonyl (C=O) groups is 2. The average molecular weight is 762 g/mol. The van der Waals surface area contributed by atoms with Gasteiger partial charge in [-0.1, -0.05) is 47.3 Å². The van der Waals surface area contributed by atoms with Gasteiger partial charge in [-0.25, -0.2) is 9.59 Å². The number of nitrogens with one attached hydrogen (secondary N) is 1. The topological polar surface area (TPSA) is 185 Å². The third-order valence-electron chi connectivity index (χ3n) is 8.96. The van der Waals surface area contributed by atoms with Crippen molar-refractivity contribution in [2.24, 2.45) is 0 Å². The molecule has 2 N–H and O–H groups in total. The normalized spacial score (nSPS) is 11.4. The fourth-order valence-electron chi connectivity index (χ4n) is 5.84. The molecule has 1 amide bonds. The Hall–Kier alpha value is -6.12. The number of aryl methyl sites for hydroxylation is 2. The molecule has 0 radical (unpaired) electrons. The lowest BCUT2D eigenvalue weighted by molar-refractivity contribution is 0.0689. The van der Waals surface area contributed by atoms with Gasteiger partial charge in [0.1, 0.15) is 22.7 Å². The Labute approximate surface area is 321 Å². The number of carbonyl (C=O) groups excluding carboxylic acids is 1. The second-order valence-electron chi connectivity index (χ2n) is 15.5. The first-order chi connectivity index (χ1) is 25.9. The van der Waals surface area contributed by atoms with Crippen molar-refractivity contribution in [3.05, 3.63) is 99.4 Å². The van der Waals surface area contributed by atoms with Crippen LogP contribution in [0.25, 0.3) is 21.9 Å². The molecule has 286 valence electrons. The van der Waals surface area contributed by atoms with Crippen molar-refractivity contribution in [1.82, 2.24) is 19.6 Å². The van der Waals surface area contributed by atoms with Crippen LogP contribution in [0, 0.1) is 36.5 Å². The number of amides is 1. The van der Waals surface area contributed by atoms with E-state index in [0.29, 0.717) is 42.2 Å². The predicted octanol–water partition coefficient (Wildman–Crippen LogP) is 9.55. The standard InChI is InChI=1S/C23H30N4O3Si.C18H17N3O3/c1-15(2)20-12-18-10-17(13-24)11-19(22(18)30-20)14-27-16(3)9-21(26-27)25-23(28)29-7-8-31(4,5)6;1-10(2)16-7-13-5-12(8-19)6-14(17(13)24-16)9-21-11(3)4-15(20-21)18(22)23/h9-12,15H,7-8,14H2,1-6H3,(H,25,26,28);4-7,10H,9H2,1-3H3,(H,22,23). The van der Waals surface area contributed by atoms with E-state index in [4.69, 9.17) is 18.7 Å². The van der Waals surface area contributed by atoms with Gasteiger partial charge in [-0.2, -0.15) is 20.7 Å². The second kappa shape index (κ2) is 16.5.